The maximum Gasteiger partial charge on any atom is 0.335 e. The van der Waals surface area contributed by atoms with Crippen LogP contribution in [0.3, 0.4) is 0 Å². The highest BCUT2D eigenvalue weighted by atomic mass is 33.1. The molecule has 0 radical (unpaired) electrons. The maximum atomic E-state index is 11.9. The van der Waals surface area contributed by atoms with Gasteiger partial charge in [-0.1, -0.05) is 22.9 Å². The molecule has 0 aliphatic carbocycles. The molecule has 1 aliphatic heterocycles. The van der Waals surface area contributed by atoms with Gasteiger partial charge in [0.2, 0.25) is 0 Å². The molecule has 1 aromatic carbocycles. The standard InChI is InChI=1S/C12H12O4S2/c1-15-9-5-3-8(4-6-9)11-10(12(13)16-2)7-17-18(11)14/h3-6H,7H2,1-2H3. The summed E-state index contributed by atoms with van der Waals surface area (Å²) in [5, 5.41) is 0. The van der Waals surface area contributed by atoms with E-state index in [1.54, 1.807) is 31.4 Å². The lowest BCUT2D eigenvalue weighted by atomic mass is 10.1. The van der Waals surface area contributed by atoms with Crippen LogP contribution in [0, 0.1) is 0 Å². The first-order chi connectivity index (χ1) is 8.67. The molecule has 0 saturated carbocycles. The number of hydrogen-bond donors (Lipinski definition) is 0. The van der Waals surface area contributed by atoms with E-state index in [9.17, 15) is 9.00 Å². The average molecular weight is 284 g/mol. The predicted octanol–water partition coefficient (Wildman–Crippen LogP) is 1.99. The number of carbonyl (C=O) groups is 1. The van der Waals surface area contributed by atoms with E-state index in [4.69, 9.17) is 9.47 Å². The Morgan fingerprint density at radius 2 is 1.94 bits per heavy atom. The number of benzene rings is 1. The van der Waals surface area contributed by atoms with Crippen LogP contribution in [0.25, 0.3) is 4.91 Å². The van der Waals surface area contributed by atoms with E-state index in [0.29, 0.717) is 16.2 Å². The summed E-state index contributed by atoms with van der Waals surface area (Å²) in [5.74, 6) is 0.718. The molecule has 1 aliphatic rings. The van der Waals surface area contributed by atoms with Crippen LogP contribution in [0.2, 0.25) is 0 Å². The maximum absolute atomic E-state index is 11.9. The minimum atomic E-state index is -1.22. The zero-order valence-corrected chi connectivity index (χ0v) is 11.6. The summed E-state index contributed by atoms with van der Waals surface area (Å²) in [6.07, 6.45) is 0. The molecule has 18 heavy (non-hydrogen) atoms. The van der Waals surface area contributed by atoms with Crippen LogP contribution in [0.4, 0.5) is 0 Å². The van der Waals surface area contributed by atoms with E-state index in [0.717, 1.165) is 11.3 Å². The van der Waals surface area contributed by atoms with Gasteiger partial charge in [-0.05, 0) is 17.7 Å². The highest BCUT2D eigenvalue weighted by molar-refractivity contribution is 8.73. The summed E-state index contributed by atoms with van der Waals surface area (Å²) in [6.45, 7) is 0. The van der Waals surface area contributed by atoms with Crippen molar-refractivity contribution in [2.24, 2.45) is 0 Å². The molecule has 0 saturated heterocycles. The van der Waals surface area contributed by atoms with Gasteiger partial charge in [-0.15, -0.1) is 0 Å². The highest BCUT2D eigenvalue weighted by Gasteiger charge is 2.29. The van der Waals surface area contributed by atoms with Crippen LogP contribution >= 0.6 is 10.8 Å². The van der Waals surface area contributed by atoms with E-state index in [1.807, 2.05) is 0 Å². The molecule has 1 aromatic rings. The van der Waals surface area contributed by atoms with Crippen LogP contribution in [0.15, 0.2) is 29.8 Å². The van der Waals surface area contributed by atoms with Crippen LogP contribution < -0.4 is 4.74 Å². The van der Waals surface area contributed by atoms with Crippen molar-refractivity contribution >= 4 is 31.5 Å². The number of carbonyl (C=O) groups excluding carboxylic acids is 1. The molecule has 0 aromatic heterocycles. The number of ether oxygens (including phenoxy) is 2. The second-order valence-electron chi connectivity index (χ2n) is 3.52. The molecular formula is C12H12O4S2. The normalized spacial score (nSPS) is 18.9. The highest BCUT2D eigenvalue weighted by Crippen LogP contribution is 2.38. The van der Waals surface area contributed by atoms with E-state index >= 15 is 0 Å². The fourth-order valence-electron chi connectivity index (χ4n) is 1.63. The fourth-order valence-corrected chi connectivity index (χ4v) is 4.63. The SMILES string of the molecule is COC(=O)C1=C(c2ccc(OC)cc2)S(=O)SC1. The third-order valence-electron chi connectivity index (χ3n) is 2.54. The van der Waals surface area contributed by atoms with Gasteiger partial charge < -0.3 is 9.47 Å². The molecule has 0 spiro atoms. The van der Waals surface area contributed by atoms with Crippen molar-refractivity contribution in [2.45, 2.75) is 0 Å². The summed E-state index contributed by atoms with van der Waals surface area (Å²) in [5.41, 5.74) is 1.24. The van der Waals surface area contributed by atoms with Gasteiger partial charge in [0.25, 0.3) is 0 Å². The van der Waals surface area contributed by atoms with Gasteiger partial charge in [-0.2, -0.15) is 0 Å². The molecule has 6 heteroatoms. The van der Waals surface area contributed by atoms with Crippen molar-refractivity contribution < 1.29 is 18.5 Å². The molecule has 2 rings (SSSR count). The molecule has 0 N–H and O–H groups in total. The van der Waals surface area contributed by atoms with Gasteiger partial charge in [0, 0.05) is 5.75 Å². The summed E-state index contributed by atoms with van der Waals surface area (Å²) >= 11 is 0. The Labute approximate surface area is 111 Å². The number of esters is 1. The van der Waals surface area contributed by atoms with Crippen LogP contribution in [-0.2, 0) is 19.4 Å². The van der Waals surface area contributed by atoms with Crippen molar-refractivity contribution in [3.63, 3.8) is 0 Å². The Morgan fingerprint density at radius 1 is 1.28 bits per heavy atom. The van der Waals surface area contributed by atoms with E-state index in [-0.39, 0.29) is 0 Å². The summed E-state index contributed by atoms with van der Waals surface area (Å²) in [7, 11) is 2.92. The first-order valence-electron chi connectivity index (χ1n) is 5.18. The second-order valence-corrected chi connectivity index (χ2v) is 6.54. The Morgan fingerprint density at radius 3 is 2.50 bits per heavy atom. The van der Waals surface area contributed by atoms with Crippen molar-refractivity contribution in [1.29, 1.82) is 0 Å². The molecule has 96 valence electrons. The van der Waals surface area contributed by atoms with Crippen LogP contribution in [-0.4, -0.2) is 30.2 Å². The number of hydrogen-bond acceptors (Lipinski definition) is 5. The van der Waals surface area contributed by atoms with Gasteiger partial charge in [0.1, 0.15) is 15.6 Å². The lowest BCUT2D eigenvalue weighted by Crippen LogP contribution is -2.06. The topological polar surface area (TPSA) is 52.6 Å². The molecule has 4 nitrogen and oxygen atoms in total. The minimum absolute atomic E-state index is 0.417. The number of rotatable bonds is 3. The Hall–Kier alpha value is -1.27. The Kier molecular flexibility index (Phi) is 4.08. The van der Waals surface area contributed by atoms with Crippen LogP contribution in [0.1, 0.15) is 5.56 Å². The van der Waals surface area contributed by atoms with Gasteiger partial charge in [0.05, 0.1) is 24.7 Å². The molecular weight excluding hydrogens is 272 g/mol. The van der Waals surface area contributed by atoms with Crippen molar-refractivity contribution in [3.05, 3.63) is 35.4 Å². The lowest BCUT2D eigenvalue weighted by molar-refractivity contribution is -0.135. The summed E-state index contributed by atoms with van der Waals surface area (Å²) < 4.78 is 21.7. The third kappa shape index (κ3) is 2.44. The van der Waals surface area contributed by atoms with Gasteiger partial charge in [0.15, 0.2) is 0 Å². The quantitative estimate of drug-likeness (QED) is 0.627. The first kappa shape index (κ1) is 13.2. The molecule has 1 atom stereocenters. The third-order valence-corrected chi connectivity index (χ3v) is 5.47. The Balaban J connectivity index is 2.44. The van der Waals surface area contributed by atoms with E-state index in [1.165, 1.54) is 17.9 Å². The summed E-state index contributed by atoms with van der Waals surface area (Å²) in [4.78, 5) is 12.2. The van der Waals surface area contributed by atoms with Crippen molar-refractivity contribution in [3.8, 4) is 5.75 Å². The monoisotopic (exact) mass is 284 g/mol. The van der Waals surface area contributed by atoms with Crippen molar-refractivity contribution in [1.82, 2.24) is 0 Å². The van der Waals surface area contributed by atoms with Gasteiger partial charge in [-0.25, -0.2) is 9.00 Å². The molecule has 0 fully saturated rings. The Bertz CT molecular complexity index is 519. The molecule has 0 amide bonds. The van der Waals surface area contributed by atoms with Crippen molar-refractivity contribution in [2.75, 3.05) is 20.0 Å². The van der Waals surface area contributed by atoms with E-state index in [2.05, 4.69) is 0 Å². The second kappa shape index (κ2) is 5.58. The molecule has 0 bridgehead atoms. The van der Waals surface area contributed by atoms with Crippen LogP contribution in [0.5, 0.6) is 5.75 Å². The molecule has 1 heterocycles. The van der Waals surface area contributed by atoms with Gasteiger partial charge >= 0.3 is 5.97 Å². The fraction of sp³-hybridized carbons (Fsp3) is 0.250. The predicted molar refractivity (Wildman–Crippen MR) is 72.5 cm³/mol. The molecule has 1 unspecified atom stereocenters. The average Bonchev–Trinajstić information content (AvgIpc) is 2.80. The minimum Gasteiger partial charge on any atom is -0.497 e. The van der Waals surface area contributed by atoms with E-state index < -0.39 is 15.8 Å². The summed E-state index contributed by atoms with van der Waals surface area (Å²) in [6, 6.07) is 7.14. The zero-order chi connectivity index (χ0) is 13.1. The number of methoxy groups -OCH3 is 2. The van der Waals surface area contributed by atoms with Gasteiger partial charge in [-0.3, -0.25) is 0 Å². The lowest BCUT2D eigenvalue weighted by Gasteiger charge is -2.05. The largest absolute Gasteiger partial charge is 0.497 e. The first-order valence-corrected chi connectivity index (χ1v) is 7.83. The zero-order valence-electron chi connectivity index (χ0n) is 9.97. The smallest absolute Gasteiger partial charge is 0.335 e.